The molecule has 1 unspecified atom stereocenters. The molecule has 0 saturated carbocycles. The number of rotatable bonds is 9. The Bertz CT molecular complexity index is 1170. The fourth-order valence-corrected chi connectivity index (χ4v) is 5.45. The van der Waals surface area contributed by atoms with Crippen molar-refractivity contribution in [3.63, 3.8) is 0 Å². The standard InChI is InChI=1S/C22H27N3O4S2/c1-14(2)11-19(22(26)23-13-16-7-5-6-8-20(16)29-4)25-31(27,28)17-9-10-18-21(12-17)30-15(3)24-18/h5-10,12,14,19,25H,11,13H2,1-4H3,(H,23,26). The summed E-state index contributed by atoms with van der Waals surface area (Å²) in [6, 6.07) is 11.3. The maximum absolute atomic E-state index is 13.0. The highest BCUT2D eigenvalue weighted by molar-refractivity contribution is 7.89. The van der Waals surface area contributed by atoms with Gasteiger partial charge < -0.3 is 10.1 Å². The van der Waals surface area contributed by atoms with Crippen LogP contribution in [0.1, 0.15) is 30.8 Å². The second-order valence-electron chi connectivity index (χ2n) is 7.70. The van der Waals surface area contributed by atoms with Crippen LogP contribution < -0.4 is 14.8 Å². The lowest BCUT2D eigenvalue weighted by atomic mass is 10.0. The van der Waals surface area contributed by atoms with Gasteiger partial charge in [-0.1, -0.05) is 32.0 Å². The van der Waals surface area contributed by atoms with Gasteiger partial charge in [-0.15, -0.1) is 11.3 Å². The number of para-hydroxylation sites is 1. The third-order valence-corrected chi connectivity index (χ3v) is 7.15. The molecule has 2 N–H and O–H groups in total. The largest absolute Gasteiger partial charge is 0.496 e. The van der Waals surface area contributed by atoms with Crippen molar-refractivity contribution in [1.29, 1.82) is 0 Å². The molecule has 0 spiro atoms. The van der Waals surface area contributed by atoms with Crippen LogP contribution in [0.5, 0.6) is 5.75 Å². The molecule has 166 valence electrons. The Morgan fingerprint density at radius 1 is 1.19 bits per heavy atom. The summed E-state index contributed by atoms with van der Waals surface area (Å²) < 4.78 is 34.7. The normalized spacial score (nSPS) is 12.8. The quantitative estimate of drug-likeness (QED) is 0.507. The second kappa shape index (κ2) is 9.76. The lowest BCUT2D eigenvalue weighted by Gasteiger charge is -2.20. The van der Waals surface area contributed by atoms with E-state index in [2.05, 4.69) is 15.0 Å². The number of aryl methyl sites for hydroxylation is 1. The van der Waals surface area contributed by atoms with E-state index in [-0.39, 0.29) is 23.3 Å². The van der Waals surface area contributed by atoms with Gasteiger partial charge in [-0.3, -0.25) is 4.79 Å². The van der Waals surface area contributed by atoms with Crippen molar-refractivity contribution >= 4 is 37.5 Å². The van der Waals surface area contributed by atoms with Crippen molar-refractivity contribution in [2.45, 2.75) is 44.7 Å². The van der Waals surface area contributed by atoms with Gasteiger partial charge in [-0.25, -0.2) is 13.4 Å². The van der Waals surface area contributed by atoms with Gasteiger partial charge in [0.1, 0.15) is 11.8 Å². The van der Waals surface area contributed by atoms with Gasteiger partial charge in [0.2, 0.25) is 15.9 Å². The molecular formula is C22H27N3O4S2. The first-order valence-corrected chi connectivity index (χ1v) is 12.3. The van der Waals surface area contributed by atoms with Gasteiger partial charge in [0.05, 0.1) is 27.2 Å². The predicted molar refractivity (Wildman–Crippen MR) is 123 cm³/mol. The zero-order valence-electron chi connectivity index (χ0n) is 18.0. The molecule has 1 heterocycles. The molecule has 0 aliphatic rings. The number of carbonyl (C=O) groups excluding carboxylic acids is 1. The van der Waals surface area contributed by atoms with E-state index in [4.69, 9.17) is 4.74 Å². The zero-order valence-corrected chi connectivity index (χ0v) is 19.6. The average Bonchev–Trinajstić information content (AvgIpc) is 3.10. The number of benzene rings is 2. The number of nitrogens with one attached hydrogen (secondary N) is 2. The van der Waals surface area contributed by atoms with Gasteiger partial charge in [0, 0.05) is 12.1 Å². The van der Waals surface area contributed by atoms with Crippen LogP contribution in [0.3, 0.4) is 0 Å². The molecule has 0 fully saturated rings. The van der Waals surface area contributed by atoms with E-state index < -0.39 is 16.1 Å². The van der Waals surface area contributed by atoms with Crippen LogP contribution in [-0.4, -0.2) is 32.5 Å². The Morgan fingerprint density at radius 2 is 1.94 bits per heavy atom. The van der Waals surface area contributed by atoms with E-state index in [0.717, 1.165) is 20.8 Å². The van der Waals surface area contributed by atoms with Gasteiger partial charge in [0.25, 0.3) is 0 Å². The number of carbonyl (C=O) groups is 1. The Kier molecular flexibility index (Phi) is 7.30. The molecule has 1 aromatic heterocycles. The Hall–Kier alpha value is -2.49. The molecule has 0 radical (unpaired) electrons. The van der Waals surface area contributed by atoms with Gasteiger partial charge in [0.15, 0.2) is 0 Å². The maximum Gasteiger partial charge on any atom is 0.241 e. The molecule has 0 aliphatic heterocycles. The molecule has 0 aliphatic carbocycles. The highest BCUT2D eigenvalue weighted by Gasteiger charge is 2.27. The monoisotopic (exact) mass is 461 g/mol. The molecule has 0 bridgehead atoms. The van der Waals surface area contributed by atoms with Crippen LogP contribution in [0.25, 0.3) is 10.2 Å². The summed E-state index contributed by atoms with van der Waals surface area (Å²) in [6.45, 7) is 6.01. The fourth-order valence-electron chi connectivity index (χ4n) is 3.28. The van der Waals surface area contributed by atoms with E-state index in [1.165, 1.54) is 17.4 Å². The van der Waals surface area contributed by atoms with Crippen molar-refractivity contribution in [2.24, 2.45) is 5.92 Å². The van der Waals surface area contributed by atoms with Crippen LogP contribution in [0.2, 0.25) is 0 Å². The first kappa shape index (κ1) is 23.2. The molecule has 31 heavy (non-hydrogen) atoms. The summed E-state index contributed by atoms with van der Waals surface area (Å²) in [5.41, 5.74) is 1.57. The average molecular weight is 462 g/mol. The predicted octanol–water partition coefficient (Wildman–Crippen LogP) is 3.62. The Balaban J connectivity index is 1.78. The molecule has 1 atom stereocenters. The van der Waals surface area contributed by atoms with Crippen molar-refractivity contribution in [3.05, 3.63) is 53.0 Å². The van der Waals surface area contributed by atoms with Crippen molar-refractivity contribution < 1.29 is 17.9 Å². The minimum Gasteiger partial charge on any atom is -0.496 e. The van der Waals surface area contributed by atoms with Crippen LogP contribution in [0.4, 0.5) is 0 Å². The number of aromatic nitrogens is 1. The highest BCUT2D eigenvalue weighted by Crippen LogP contribution is 2.25. The molecule has 3 aromatic rings. The van der Waals surface area contributed by atoms with Gasteiger partial charge in [-0.2, -0.15) is 4.72 Å². The SMILES string of the molecule is COc1ccccc1CNC(=O)C(CC(C)C)NS(=O)(=O)c1ccc2nc(C)sc2c1. The molecule has 9 heteroatoms. The van der Waals surface area contributed by atoms with Gasteiger partial charge in [-0.05, 0) is 43.5 Å². The van der Waals surface area contributed by atoms with Crippen LogP contribution in [0, 0.1) is 12.8 Å². The Morgan fingerprint density at radius 3 is 2.65 bits per heavy atom. The Labute approximate surface area is 186 Å². The first-order valence-electron chi connectivity index (χ1n) is 9.98. The summed E-state index contributed by atoms with van der Waals surface area (Å²) >= 11 is 1.43. The molecule has 2 aromatic carbocycles. The molecule has 3 rings (SSSR count). The molecule has 0 saturated heterocycles. The topological polar surface area (TPSA) is 97.4 Å². The van der Waals surface area contributed by atoms with Crippen LogP contribution >= 0.6 is 11.3 Å². The van der Waals surface area contributed by atoms with E-state index in [1.54, 1.807) is 19.2 Å². The van der Waals surface area contributed by atoms with Crippen molar-refractivity contribution in [2.75, 3.05) is 7.11 Å². The third kappa shape index (κ3) is 5.81. The van der Waals surface area contributed by atoms with E-state index in [9.17, 15) is 13.2 Å². The number of amides is 1. The highest BCUT2D eigenvalue weighted by atomic mass is 32.2. The number of nitrogens with zero attached hydrogens (tertiary/aromatic N) is 1. The van der Waals surface area contributed by atoms with Crippen molar-refractivity contribution in [3.8, 4) is 5.75 Å². The van der Waals surface area contributed by atoms with Crippen LogP contribution in [-0.2, 0) is 21.4 Å². The summed E-state index contributed by atoms with van der Waals surface area (Å²) in [4.78, 5) is 17.4. The number of hydrogen-bond donors (Lipinski definition) is 2. The summed E-state index contributed by atoms with van der Waals surface area (Å²) in [6.07, 6.45) is 0.374. The van der Waals surface area contributed by atoms with E-state index in [1.807, 2.05) is 45.0 Å². The number of ether oxygens (including phenoxy) is 1. The fraction of sp³-hybridized carbons (Fsp3) is 0.364. The summed E-state index contributed by atoms with van der Waals surface area (Å²) in [5, 5.41) is 3.70. The summed E-state index contributed by atoms with van der Waals surface area (Å²) in [7, 11) is -2.32. The third-order valence-electron chi connectivity index (χ3n) is 4.74. The number of hydrogen-bond acceptors (Lipinski definition) is 6. The van der Waals surface area contributed by atoms with E-state index in [0.29, 0.717) is 12.2 Å². The number of sulfonamides is 1. The minimum absolute atomic E-state index is 0.120. The zero-order chi connectivity index (χ0) is 22.6. The van der Waals surface area contributed by atoms with Crippen molar-refractivity contribution in [1.82, 2.24) is 15.0 Å². The smallest absolute Gasteiger partial charge is 0.241 e. The second-order valence-corrected chi connectivity index (χ2v) is 10.6. The molecular weight excluding hydrogens is 434 g/mol. The summed E-state index contributed by atoms with van der Waals surface area (Å²) in [5.74, 6) is 0.408. The lowest BCUT2D eigenvalue weighted by molar-refractivity contribution is -0.123. The minimum atomic E-state index is -3.88. The molecule has 7 nitrogen and oxygen atoms in total. The number of thiazole rings is 1. The van der Waals surface area contributed by atoms with Gasteiger partial charge >= 0.3 is 0 Å². The number of methoxy groups -OCH3 is 1. The maximum atomic E-state index is 13.0. The number of fused-ring (bicyclic) bond motifs is 1. The first-order chi connectivity index (χ1) is 14.7. The molecule has 1 amide bonds. The van der Waals surface area contributed by atoms with Crippen LogP contribution in [0.15, 0.2) is 47.4 Å². The lowest BCUT2D eigenvalue weighted by Crippen LogP contribution is -2.47. The van der Waals surface area contributed by atoms with E-state index >= 15 is 0 Å².